The van der Waals surface area contributed by atoms with E-state index in [1.165, 1.54) is 17.5 Å². The second kappa shape index (κ2) is 7.24. The zero-order valence-corrected chi connectivity index (χ0v) is 16.0. The predicted molar refractivity (Wildman–Crippen MR) is 106 cm³/mol. The first-order valence-electron chi connectivity index (χ1n) is 8.50. The molecule has 0 unspecified atom stereocenters. The number of rotatable bonds is 4. The molecule has 0 saturated heterocycles. The second-order valence-electron chi connectivity index (χ2n) is 6.18. The Kier molecular flexibility index (Phi) is 4.62. The monoisotopic (exact) mass is 392 g/mol. The molecule has 3 aromatic heterocycles. The highest BCUT2D eigenvalue weighted by atomic mass is 32.1. The molecule has 1 aromatic carbocycles. The van der Waals surface area contributed by atoms with Crippen LogP contribution in [0.15, 0.2) is 54.0 Å². The van der Waals surface area contributed by atoms with Gasteiger partial charge in [-0.1, -0.05) is 6.07 Å². The van der Waals surface area contributed by atoms with Crippen molar-refractivity contribution in [1.82, 2.24) is 14.6 Å². The van der Waals surface area contributed by atoms with Gasteiger partial charge in [0, 0.05) is 17.1 Å². The van der Waals surface area contributed by atoms with Gasteiger partial charge in [-0.05, 0) is 55.6 Å². The first kappa shape index (κ1) is 17.9. The molecule has 7 nitrogen and oxygen atoms in total. The molecule has 0 aliphatic heterocycles. The molecule has 4 rings (SSSR count). The van der Waals surface area contributed by atoms with Crippen LogP contribution in [-0.4, -0.2) is 26.5 Å². The number of esters is 1. The number of aromatic nitrogens is 3. The second-order valence-corrected chi connectivity index (χ2v) is 7.13. The van der Waals surface area contributed by atoms with Crippen molar-refractivity contribution in [1.29, 1.82) is 0 Å². The molecule has 3 heterocycles. The summed E-state index contributed by atoms with van der Waals surface area (Å²) in [5.74, 6) is -0.353. The number of nitrogens with zero attached hydrogens (tertiary/aromatic N) is 3. The van der Waals surface area contributed by atoms with Gasteiger partial charge in [0.15, 0.2) is 5.65 Å². The molecule has 0 spiro atoms. The molecule has 0 saturated carbocycles. The predicted octanol–water partition coefficient (Wildman–Crippen LogP) is 3.88. The molecule has 1 amide bonds. The number of aryl methyl sites for hydroxylation is 2. The number of nitrogens with one attached hydrogen (secondary N) is 1. The molecule has 1 N–H and O–H groups in total. The Bertz CT molecular complexity index is 1160. The summed E-state index contributed by atoms with van der Waals surface area (Å²) in [6, 6.07) is 12.1. The molecule has 0 atom stereocenters. The van der Waals surface area contributed by atoms with Crippen LogP contribution in [0.4, 0.5) is 5.69 Å². The Morgan fingerprint density at radius 2 is 1.93 bits per heavy atom. The van der Waals surface area contributed by atoms with E-state index in [-0.39, 0.29) is 5.91 Å². The number of carbonyl (C=O) groups excluding carboxylic acids is 2. The van der Waals surface area contributed by atoms with E-state index in [0.29, 0.717) is 27.5 Å². The van der Waals surface area contributed by atoms with Gasteiger partial charge < -0.3 is 10.1 Å². The first-order valence-corrected chi connectivity index (χ1v) is 9.38. The summed E-state index contributed by atoms with van der Waals surface area (Å²) in [5.41, 5.74) is 3.05. The Morgan fingerprint density at radius 1 is 1.14 bits per heavy atom. The van der Waals surface area contributed by atoms with Crippen molar-refractivity contribution >= 4 is 34.5 Å². The van der Waals surface area contributed by atoms with Crippen molar-refractivity contribution in [3.8, 4) is 5.75 Å². The van der Waals surface area contributed by atoms with Crippen LogP contribution < -0.4 is 10.1 Å². The van der Waals surface area contributed by atoms with Crippen molar-refractivity contribution in [2.24, 2.45) is 0 Å². The third-order valence-electron chi connectivity index (χ3n) is 4.07. The van der Waals surface area contributed by atoms with Crippen LogP contribution >= 0.6 is 11.3 Å². The maximum absolute atomic E-state index is 12.5. The van der Waals surface area contributed by atoms with Crippen LogP contribution in [-0.2, 0) is 0 Å². The zero-order chi connectivity index (χ0) is 19.7. The standard InChI is InChI=1S/C20H16N4O3S/c1-12-10-13(2)24-18(22-12)16(11-21-24)20(26)27-15-7-5-14(6-8-15)23-19(25)17-4-3-9-28-17/h3-11H,1-2H3,(H,23,25). The topological polar surface area (TPSA) is 85.6 Å². The van der Waals surface area contributed by atoms with Gasteiger partial charge in [-0.15, -0.1) is 11.3 Å². The third kappa shape index (κ3) is 3.49. The lowest BCUT2D eigenvalue weighted by Gasteiger charge is -2.06. The van der Waals surface area contributed by atoms with E-state index in [4.69, 9.17) is 4.74 Å². The van der Waals surface area contributed by atoms with E-state index < -0.39 is 5.97 Å². The fourth-order valence-corrected chi connectivity index (χ4v) is 3.40. The maximum atomic E-state index is 12.5. The van der Waals surface area contributed by atoms with E-state index in [1.54, 1.807) is 34.8 Å². The van der Waals surface area contributed by atoms with Gasteiger partial charge in [-0.3, -0.25) is 4.79 Å². The number of anilines is 1. The molecular weight excluding hydrogens is 376 g/mol. The van der Waals surface area contributed by atoms with Crippen LogP contribution in [0.3, 0.4) is 0 Å². The van der Waals surface area contributed by atoms with Crippen molar-refractivity contribution in [2.75, 3.05) is 5.32 Å². The summed E-state index contributed by atoms with van der Waals surface area (Å²) >= 11 is 1.37. The van der Waals surface area contributed by atoms with Gasteiger partial charge >= 0.3 is 5.97 Å². The SMILES string of the molecule is Cc1cc(C)n2ncc(C(=O)Oc3ccc(NC(=O)c4cccs4)cc3)c2n1. The lowest BCUT2D eigenvalue weighted by Crippen LogP contribution is -2.11. The van der Waals surface area contributed by atoms with E-state index in [1.807, 2.05) is 31.4 Å². The summed E-state index contributed by atoms with van der Waals surface area (Å²) in [6.07, 6.45) is 1.45. The molecule has 28 heavy (non-hydrogen) atoms. The Balaban J connectivity index is 1.49. The number of carbonyl (C=O) groups is 2. The first-order chi connectivity index (χ1) is 13.5. The quantitative estimate of drug-likeness (QED) is 0.421. The molecule has 4 aromatic rings. The number of amides is 1. The minimum Gasteiger partial charge on any atom is -0.423 e. The van der Waals surface area contributed by atoms with Crippen molar-refractivity contribution in [2.45, 2.75) is 13.8 Å². The van der Waals surface area contributed by atoms with E-state index >= 15 is 0 Å². The van der Waals surface area contributed by atoms with Gasteiger partial charge in [0.1, 0.15) is 11.3 Å². The average Bonchev–Trinajstić information content (AvgIpc) is 3.33. The third-order valence-corrected chi connectivity index (χ3v) is 4.93. The Labute approximate surface area is 164 Å². The highest BCUT2D eigenvalue weighted by Crippen LogP contribution is 2.20. The number of ether oxygens (including phenoxy) is 1. The molecule has 0 aliphatic rings. The minimum atomic E-state index is -0.539. The van der Waals surface area contributed by atoms with E-state index in [9.17, 15) is 9.59 Å². The molecule has 0 fully saturated rings. The summed E-state index contributed by atoms with van der Waals surface area (Å²) < 4.78 is 7.04. The minimum absolute atomic E-state index is 0.178. The summed E-state index contributed by atoms with van der Waals surface area (Å²) in [7, 11) is 0. The maximum Gasteiger partial charge on any atom is 0.349 e. The highest BCUT2D eigenvalue weighted by molar-refractivity contribution is 7.12. The van der Waals surface area contributed by atoms with Crippen LogP contribution in [0.2, 0.25) is 0 Å². The molecule has 0 radical (unpaired) electrons. The van der Waals surface area contributed by atoms with Crippen LogP contribution in [0.5, 0.6) is 5.75 Å². The summed E-state index contributed by atoms with van der Waals surface area (Å²) in [5, 5.41) is 8.84. The summed E-state index contributed by atoms with van der Waals surface area (Å²) in [4.78, 5) is 29.6. The van der Waals surface area contributed by atoms with E-state index in [2.05, 4.69) is 15.4 Å². The van der Waals surface area contributed by atoms with Gasteiger partial charge in [0.25, 0.3) is 5.91 Å². The number of hydrogen-bond donors (Lipinski definition) is 1. The van der Waals surface area contributed by atoms with Gasteiger partial charge in [-0.25, -0.2) is 14.3 Å². The number of benzene rings is 1. The summed E-state index contributed by atoms with van der Waals surface area (Å²) in [6.45, 7) is 3.76. The van der Waals surface area contributed by atoms with Crippen LogP contribution in [0.25, 0.3) is 5.65 Å². The molecule has 0 aliphatic carbocycles. The normalized spacial score (nSPS) is 10.8. The number of fused-ring (bicyclic) bond motifs is 1. The zero-order valence-electron chi connectivity index (χ0n) is 15.2. The van der Waals surface area contributed by atoms with Crippen LogP contribution in [0.1, 0.15) is 31.4 Å². The van der Waals surface area contributed by atoms with Gasteiger partial charge in [0.05, 0.1) is 11.1 Å². The number of hydrogen-bond acceptors (Lipinski definition) is 6. The molecule has 8 heteroatoms. The van der Waals surface area contributed by atoms with Crippen LogP contribution in [0, 0.1) is 13.8 Å². The highest BCUT2D eigenvalue weighted by Gasteiger charge is 2.17. The van der Waals surface area contributed by atoms with Gasteiger partial charge in [-0.2, -0.15) is 5.10 Å². The Morgan fingerprint density at radius 3 is 2.64 bits per heavy atom. The Hall–Kier alpha value is -3.52. The number of thiophene rings is 1. The lowest BCUT2D eigenvalue weighted by molar-refractivity contribution is 0.0736. The van der Waals surface area contributed by atoms with Crippen molar-refractivity contribution in [3.63, 3.8) is 0 Å². The van der Waals surface area contributed by atoms with Crippen molar-refractivity contribution < 1.29 is 14.3 Å². The van der Waals surface area contributed by atoms with E-state index in [0.717, 1.165) is 11.4 Å². The largest absolute Gasteiger partial charge is 0.423 e. The molecular formula is C20H16N4O3S. The molecule has 140 valence electrons. The lowest BCUT2D eigenvalue weighted by atomic mass is 10.3. The fraction of sp³-hybridized carbons (Fsp3) is 0.100. The fourth-order valence-electron chi connectivity index (χ4n) is 2.78. The van der Waals surface area contributed by atoms with Crippen molar-refractivity contribution in [3.05, 3.63) is 75.9 Å². The van der Waals surface area contributed by atoms with Gasteiger partial charge in [0.2, 0.25) is 0 Å². The average molecular weight is 392 g/mol. The molecule has 0 bridgehead atoms. The smallest absolute Gasteiger partial charge is 0.349 e.